The van der Waals surface area contributed by atoms with E-state index in [-0.39, 0.29) is 12.3 Å². The van der Waals surface area contributed by atoms with Crippen LogP contribution < -0.4 is 5.32 Å². The number of fused-ring (bicyclic) bond motifs is 1. The third kappa shape index (κ3) is 4.42. The number of halogens is 1. The molecule has 5 rings (SSSR count). The van der Waals surface area contributed by atoms with Crippen LogP contribution in [0.15, 0.2) is 36.8 Å². The molecule has 0 bridgehead atoms. The maximum atomic E-state index is 13.2. The first-order chi connectivity index (χ1) is 15.9. The monoisotopic (exact) mass is 446 g/mol. The molecule has 3 aromatic heterocycles. The lowest BCUT2D eigenvalue weighted by Gasteiger charge is -2.32. The first-order valence-corrected chi connectivity index (χ1v) is 10.9. The van der Waals surface area contributed by atoms with Crippen molar-refractivity contribution in [1.82, 2.24) is 15.0 Å². The predicted octanol–water partition coefficient (Wildman–Crippen LogP) is 3.03. The van der Waals surface area contributed by atoms with Crippen molar-refractivity contribution in [3.8, 4) is 11.8 Å². The standard InChI is InChI=1S/C25H23FN4O3/c1-15-21-14-29-23(30-24(31)20-10-22(20)26)11-19(21)16(12-27-15)2-4-18-5-3-17(13-28-18)25(32)6-8-33-9-7-25/h3,5,11-14,20,22,32H,6-10H2,1H3,(H,29,30,31)/t20-,22-/m1/s1. The van der Waals surface area contributed by atoms with Crippen LogP contribution >= 0.6 is 0 Å². The first kappa shape index (κ1) is 21.4. The van der Waals surface area contributed by atoms with E-state index < -0.39 is 17.7 Å². The Hall–Kier alpha value is -3.41. The number of hydrogen-bond acceptors (Lipinski definition) is 6. The topological polar surface area (TPSA) is 97.2 Å². The highest BCUT2D eigenvalue weighted by Gasteiger charge is 2.43. The third-order valence-corrected chi connectivity index (χ3v) is 6.22. The molecule has 33 heavy (non-hydrogen) atoms. The Morgan fingerprint density at radius 2 is 1.94 bits per heavy atom. The Bertz CT molecular complexity index is 1280. The van der Waals surface area contributed by atoms with E-state index in [1.54, 1.807) is 30.7 Å². The summed E-state index contributed by atoms with van der Waals surface area (Å²) in [6, 6.07) is 5.37. The molecule has 1 aliphatic heterocycles. The van der Waals surface area contributed by atoms with Gasteiger partial charge in [0.2, 0.25) is 5.91 Å². The molecule has 2 atom stereocenters. The minimum absolute atomic E-state index is 0.260. The fourth-order valence-electron chi connectivity index (χ4n) is 3.96. The van der Waals surface area contributed by atoms with E-state index in [1.807, 2.05) is 13.0 Å². The molecule has 8 heteroatoms. The van der Waals surface area contributed by atoms with Crippen LogP contribution in [0.25, 0.3) is 10.8 Å². The second kappa shape index (κ2) is 8.50. The van der Waals surface area contributed by atoms with Crippen LogP contribution in [0.1, 0.15) is 41.8 Å². The van der Waals surface area contributed by atoms with Gasteiger partial charge in [-0.1, -0.05) is 12.0 Å². The average molecular weight is 446 g/mol. The van der Waals surface area contributed by atoms with Crippen LogP contribution in [0, 0.1) is 24.7 Å². The molecule has 7 nitrogen and oxygen atoms in total. The number of aromatic nitrogens is 3. The summed E-state index contributed by atoms with van der Waals surface area (Å²) >= 11 is 0. The summed E-state index contributed by atoms with van der Waals surface area (Å²) in [7, 11) is 0. The summed E-state index contributed by atoms with van der Waals surface area (Å²) < 4.78 is 18.5. The second-order valence-electron chi connectivity index (χ2n) is 8.55. The van der Waals surface area contributed by atoms with Gasteiger partial charge in [0.25, 0.3) is 0 Å². The van der Waals surface area contributed by atoms with Crippen LogP contribution in [0.5, 0.6) is 0 Å². The van der Waals surface area contributed by atoms with Crippen molar-refractivity contribution in [3.63, 3.8) is 0 Å². The normalized spacial score (nSPS) is 21.2. The van der Waals surface area contributed by atoms with Gasteiger partial charge in [0, 0.05) is 66.7 Å². The van der Waals surface area contributed by atoms with Crippen molar-refractivity contribution in [1.29, 1.82) is 0 Å². The number of anilines is 1. The number of amides is 1. The summed E-state index contributed by atoms with van der Waals surface area (Å²) in [5.41, 5.74) is 1.87. The van der Waals surface area contributed by atoms with E-state index in [2.05, 4.69) is 32.1 Å². The molecule has 168 valence electrons. The number of hydrogen-bond donors (Lipinski definition) is 2. The molecule has 2 aliphatic rings. The Balaban J connectivity index is 1.41. The number of aliphatic hydroxyl groups is 1. The highest BCUT2D eigenvalue weighted by Crippen LogP contribution is 2.35. The van der Waals surface area contributed by atoms with Crippen molar-refractivity contribution in [2.45, 2.75) is 38.0 Å². The number of ether oxygens (including phenoxy) is 1. The zero-order valence-corrected chi connectivity index (χ0v) is 18.1. The quantitative estimate of drug-likeness (QED) is 0.601. The summed E-state index contributed by atoms with van der Waals surface area (Å²) in [4.78, 5) is 25.2. The summed E-state index contributed by atoms with van der Waals surface area (Å²) in [6.07, 6.45) is 5.25. The third-order valence-electron chi connectivity index (χ3n) is 6.22. The van der Waals surface area contributed by atoms with Gasteiger partial charge in [-0.05, 0) is 31.4 Å². The molecule has 3 aromatic rings. The van der Waals surface area contributed by atoms with E-state index in [1.165, 1.54) is 0 Å². The maximum absolute atomic E-state index is 13.2. The fraction of sp³-hybridized carbons (Fsp3) is 0.360. The molecule has 0 aromatic carbocycles. The van der Waals surface area contributed by atoms with Crippen molar-refractivity contribution in [2.24, 2.45) is 5.92 Å². The molecule has 2 N–H and O–H groups in total. The number of carbonyl (C=O) groups excluding carboxylic acids is 1. The SMILES string of the molecule is Cc1ncc(C#Cc2ccc(C3(O)CCOCC3)cn2)c2cc(NC(=O)[C@@H]3C[C@H]3F)ncc12. The molecule has 1 saturated carbocycles. The molecule has 4 heterocycles. The largest absolute Gasteiger partial charge is 0.385 e. The van der Waals surface area contributed by atoms with Crippen LogP contribution in [-0.4, -0.2) is 45.4 Å². The number of alkyl halides is 1. The Kier molecular flexibility index (Phi) is 5.52. The van der Waals surface area contributed by atoms with Gasteiger partial charge in [-0.3, -0.25) is 9.78 Å². The van der Waals surface area contributed by atoms with E-state index in [4.69, 9.17) is 4.74 Å². The molecule has 1 amide bonds. The average Bonchev–Trinajstić information content (AvgIpc) is 3.56. The summed E-state index contributed by atoms with van der Waals surface area (Å²) in [5.74, 6) is 5.56. The number of rotatable bonds is 3. The van der Waals surface area contributed by atoms with Crippen LogP contribution in [0.3, 0.4) is 0 Å². The smallest absolute Gasteiger partial charge is 0.231 e. The molecule has 0 unspecified atom stereocenters. The predicted molar refractivity (Wildman–Crippen MR) is 120 cm³/mol. The Morgan fingerprint density at radius 1 is 1.15 bits per heavy atom. The number of nitrogens with one attached hydrogen (secondary N) is 1. The molecule has 0 radical (unpaired) electrons. The molecule has 1 saturated heterocycles. The van der Waals surface area contributed by atoms with E-state index in [0.29, 0.717) is 43.1 Å². The van der Waals surface area contributed by atoms with Crippen LogP contribution in [-0.2, 0) is 15.1 Å². The van der Waals surface area contributed by atoms with E-state index >= 15 is 0 Å². The highest BCUT2D eigenvalue weighted by molar-refractivity contribution is 5.97. The van der Waals surface area contributed by atoms with Gasteiger partial charge in [-0.25, -0.2) is 14.4 Å². The maximum Gasteiger partial charge on any atom is 0.231 e. The molecular formula is C25H23FN4O3. The lowest BCUT2D eigenvalue weighted by Crippen LogP contribution is -2.33. The fourth-order valence-corrected chi connectivity index (χ4v) is 3.96. The number of nitrogens with zero attached hydrogens (tertiary/aromatic N) is 3. The lowest BCUT2D eigenvalue weighted by atomic mass is 9.87. The zero-order valence-electron chi connectivity index (χ0n) is 18.1. The van der Waals surface area contributed by atoms with Crippen molar-refractivity contribution >= 4 is 22.5 Å². The van der Waals surface area contributed by atoms with Gasteiger partial charge in [0.15, 0.2) is 0 Å². The molecule has 0 spiro atoms. The van der Waals surface area contributed by atoms with Gasteiger partial charge in [0.1, 0.15) is 17.7 Å². The zero-order chi connectivity index (χ0) is 23.0. The Morgan fingerprint density at radius 3 is 2.64 bits per heavy atom. The summed E-state index contributed by atoms with van der Waals surface area (Å²) in [5, 5.41) is 15.1. The van der Waals surface area contributed by atoms with Gasteiger partial charge in [0.05, 0.1) is 17.1 Å². The minimum Gasteiger partial charge on any atom is -0.385 e. The minimum atomic E-state index is -1.07. The summed E-state index contributed by atoms with van der Waals surface area (Å²) in [6.45, 7) is 2.93. The van der Waals surface area contributed by atoms with Crippen molar-refractivity contribution in [2.75, 3.05) is 18.5 Å². The van der Waals surface area contributed by atoms with Gasteiger partial charge in [-0.15, -0.1) is 0 Å². The van der Waals surface area contributed by atoms with E-state index in [9.17, 15) is 14.3 Å². The number of carbonyl (C=O) groups is 1. The van der Waals surface area contributed by atoms with Gasteiger partial charge < -0.3 is 15.2 Å². The van der Waals surface area contributed by atoms with Crippen LogP contribution in [0.4, 0.5) is 10.2 Å². The number of aryl methyl sites for hydroxylation is 1. The number of pyridine rings is 3. The van der Waals surface area contributed by atoms with E-state index in [0.717, 1.165) is 22.0 Å². The molecular weight excluding hydrogens is 423 g/mol. The molecule has 1 aliphatic carbocycles. The highest BCUT2D eigenvalue weighted by atomic mass is 19.1. The lowest BCUT2D eigenvalue weighted by molar-refractivity contribution is -0.117. The second-order valence-corrected chi connectivity index (χ2v) is 8.55. The Labute approximate surface area is 190 Å². The van der Waals surface area contributed by atoms with Crippen molar-refractivity contribution < 1.29 is 19.0 Å². The molecule has 2 fully saturated rings. The first-order valence-electron chi connectivity index (χ1n) is 10.9. The van der Waals surface area contributed by atoms with Crippen molar-refractivity contribution in [3.05, 3.63) is 59.3 Å². The van der Waals surface area contributed by atoms with Gasteiger partial charge in [-0.2, -0.15) is 0 Å². The van der Waals surface area contributed by atoms with Gasteiger partial charge >= 0.3 is 0 Å². The van der Waals surface area contributed by atoms with Crippen LogP contribution in [0.2, 0.25) is 0 Å².